The summed E-state index contributed by atoms with van der Waals surface area (Å²) in [5.41, 5.74) is 3.62. The van der Waals surface area contributed by atoms with Gasteiger partial charge < -0.3 is 15.0 Å². The molecule has 1 aliphatic heterocycles. The average molecular weight is 408 g/mol. The minimum atomic E-state index is -0.365. The van der Waals surface area contributed by atoms with Crippen LogP contribution in [0.4, 0.5) is 0 Å². The van der Waals surface area contributed by atoms with E-state index in [1.54, 1.807) is 6.92 Å². The number of amides is 1. The van der Waals surface area contributed by atoms with Gasteiger partial charge in [-0.1, -0.05) is 31.2 Å². The molecule has 160 valence electrons. The van der Waals surface area contributed by atoms with E-state index >= 15 is 0 Å². The number of benzene rings is 1. The molecule has 1 aromatic carbocycles. The second-order valence-corrected chi connectivity index (χ2v) is 9.91. The van der Waals surface area contributed by atoms with Crippen LogP contribution >= 0.6 is 0 Å². The first-order valence-corrected chi connectivity index (χ1v) is 11.6. The molecule has 5 rings (SSSR count). The van der Waals surface area contributed by atoms with Crippen LogP contribution in [0, 0.1) is 17.3 Å². The van der Waals surface area contributed by atoms with Crippen molar-refractivity contribution in [2.45, 2.75) is 77.0 Å². The summed E-state index contributed by atoms with van der Waals surface area (Å²) in [6.07, 6.45) is 10.7. The molecule has 0 saturated heterocycles. The lowest BCUT2D eigenvalue weighted by Crippen LogP contribution is -2.51. The monoisotopic (exact) mass is 407 g/mol. The number of aliphatic hydroxyl groups excluding tert-OH is 1. The first kappa shape index (κ1) is 19.8. The van der Waals surface area contributed by atoms with Gasteiger partial charge in [0, 0.05) is 18.5 Å². The van der Waals surface area contributed by atoms with Crippen molar-refractivity contribution >= 4 is 5.91 Å². The van der Waals surface area contributed by atoms with Gasteiger partial charge in [0.1, 0.15) is 0 Å². The minimum Gasteiger partial charge on any atom is -0.392 e. The Balaban J connectivity index is 1.40. The van der Waals surface area contributed by atoms with Gasteiger partial charge in [-0.3, -0.25) is 4.79 Å². The van der Waals surface area contributed by atoms with Gasteiger partial charge in [0.25, 0.3) is 0 Å². The molecule has 2 aromatic rings. The zero-order valence-electron chi connectivity index (χ0n) is 18.1. The number of aliphatic hydroxyl groups is 1. The molecule has 2 fully saturated rings. The first-order chi connectivity index (χ1) is 14.5. The lowest BCUT2D eigenvalue weighted by Gasteiger charge is -2.52. The van der Waals surface area contributed by atoms with E-state index in [1.165, 1.54) is 17.5 Å². The molecule has 1 amide bonds. The highest BCUT2D eigenvalue weighted by molar-refractivity contribution is 5.73. The molecule has 5 unspecified atom stereocenters. The van der Waals surface area contributed by atoms with Gasteiger partial charge >= 0.3 is 0 Å². The Kier molecular flexibility index (Phi) is 4.97. The fourth-order valence-electron chi connectivity index (χ4n) is 6.83. The van der Waals surface area contributed by atoms with Gasteiger partial charge in [-0.15, -0.1) is 0 Å². The zero-order valence-corrected chi connectivity index (χ0v) is 18.1. The van der Waals surface area contributed by atoms with Crippen molar-refractivity contribution in [2.75, 3.05) is 0 Å². The van der Waals surface area contributed by atoms with Gasteiger partial charge in [0.05, 0.1) is 30.4 Å². The number of fused-ring (bicyclic) bond motifs is 5. The minimum absolute atomic E-state index is 0.0665. The van der Waals surface area contributed by atoms with Crippen molar-refractivity contribution in [3.63, 3.8) is 0 Å². The SMILES string of the molecule is CCC1(C(O)CC2c3ccccc3-c3cncn32)CC2CCC(NC(C)=O)[C@H](C2)C1. The Morgan fingerprint density at radius 1 is 1.33 bits per heavy atom. The van der Waals surface area contributed by atoms with E-state index in [2.05, 4.69) is 46.1 Å². The molecule has 2 aliphatic carbocycles. The molecular weight excluding hydrogens is 374 g/mol. The Labute approximate surface area is 178 Å². The van der Waals surface area contributed by atoms with Crippen LogP contribution in [0.1, 0.15) is 70.4 Å². The normalized spacial score (nSPS) is 32.9. The molecule has 3 aliphatic rings. The molecule has 2 N–H and O–H groups in total. The van der Waals surface area contributed by atoms with Crippen LogP contribution in [-0.2, 0) is 4.79 Å². The number of nitrogens with zero attached hydrogens (tertiary/aromatic N) is 2. The number of aromatic nitrogens is 2. The lowest BCUT2D eigenvalue weighted by atomic mass is 9.56. The quantitative estimate of drug-likeness (QED) is 0.776. The molecule has 1 aromatic heterocycles. The van der Waals surface area contributed by atoms with Crippen molar-refractivity contribution in [3.05, 3.63) is 42.4 Å². The van der Waals surface area contributed by atoms with Crippen LogP contribution in [0.25, 0.3) is 11.3 Å². The summed E-state index contributed by atoms with van der Waals surface area (Å²) in [5, 5.41) is 14.9. The van der Waals surface area contributed by atoms with E-state index in [4.69, 9.17) is 0 Å². The number of nitrogens with one attached hydrogen (secondary N) is 1. The number of hydrogen-bond acceptors (Lipinski definition) is 3. The van der Waals surface area contributed by atoms with Gasteiger partial charge in [-0.05, 0) is 67.8 Å². The Morgan fingerprint density at radius 2 is 2.17 bits per heavy atom. The molecule has 0 radical (unpaired) electrons. The van der Waals surface area contributed by atoms with E-state index < -0.39 is 0 Å². The second kappa shape index (κ2) is 7.52. The van der Waals surface area contributed by atoms with Gasteiger partial charge in [-0.2, -0.15) is 0 Å². The Bertz CT molecular complexity index is 938. The molecule has 2 heterocycles. The topological polar surface area (TPSA) is 67.2 Å². The highest BCUT2D eigenvalue weighted by atomic mass is 16.3. The lowest BCUT2D eigenvalue weighted by molar-refractivity contribution is -0.121. The first-order valence-electron chi connectivity index (χ1n) is 11.6. The third kappa shape index (κ3) is 3.18. The van der Waals surface area contributed by atoms with Crippen LogP contribution in [0.5, 0.6) is 0 Å². The number of carbonyl (C=O) groups excluding carboxylic acids is 1. The highest BCUT2D eigenvalue weighted by Gasteiger charge is 2.49. The Morgan fingerprint density at radius 3 is 2.97 bits per heavy atom. The van der Waals surface area contributed by atoms with Crippen LogP contribution in [-0.4, -0.2) is 32.7 Å². The van der Waals surface area contributed by atoms with E-state index in [9.17, 15) is 9.90 Å². The maximum atomic E-state index is 11.7. The molecule has 0 spiro atoms. The summed E-state index contributed by atoms with van der Waals surface area (Å²) in [7, 11) is 0. The van der Waals surface area contributed by atoms with Crippen molar-refractivity contribution in [2.24, 2.45) is 17.3 Å². The summed E-state index contributed by atoms with van der Waals surface area (Å²) in [6, 6.07) is 8.94. The van der Waals surface area contributed by atoms with E-state index in [0.717, 1.165) is 44.2 Å². The van der Waals surface area contributed by atoms with Crippen molar-refractivity contribution in [3.8, 4) is 11.3 Å². The fourth-order valence-corrected chi connectivity index (χ4v) is 6.83. The maximum absolute atomic E-state index is 11.7. The summed E-state index contributed by atoms with van der Waals surface area (Å²) < 4.78 is 2.24. The smallest absolute Gasteiger partial charge is 0.217 e. The molecule has 30 heavy (non-hydrogen) atoms. The van der Waals surface area contributed by atoms with Gasteiger partial charge in [-0.25, -0.2) is 4.98 Å². The molecule has 6 atom stereocenters. The standard InChI is InChI=1S/C25H33N3O2/c1-3-25(12-17-8-9-21(27-16(2)29)18(10-17)13-25)24(30)11-22-19-6-4-5-7-20(19)23-14-26-15-28(22)23/h4-7,14-15,17-18,21-22,24,30H,3,8-13H2,1-2H3,(H,27,29)/t17?,18-,21?,22?,24?,25?/m1/s1. The van der Waals surface area contributed by atoms with Crippen molar-refractivity contribution in [1.29, 1.82) is 0 Å². The summed E-state index contributed by atoms with van der Waals surface area (Å²) in [5.74, 6) is 1.22. The highest BCUT2D eigenvalue weighted by Crippen LogP contribution is 2.54. The second-order valence-electron chi connectivity index (χ2n) is 9.91. The molecule has 5 nitrogen and oxygen atoms in total. The third-order valence-corrected chi connectivity index (χ3v) is 8.30. The van der Waals surface area contributed by atoms with Crippen LogP contribution in [0.15, 0.2) is 36.8 Å². The average Bonchev–Trinajstić information content (AvgIpc) is 3.32. The molecule has 2 saturated carbocycles. The Hall–Kier alpha value is -2.14. The maximum Gasteiger partial charge on any atom is 0.217 e. The van der Waals surface area contributed by atoms with Crippen LogP contribution in [0.3, 0.4) is 0 Å². The summed E-state index contributed by atoms with van der Waals surface area (Å²) in [4.78, 5) is 16.1. The zero-order chi connectivity index (χ0) is 20.9. The van der Waals surface area contributed by atoms with Gasteiger partial charge in [0.2, 0.25) is 5.91 Å². The molecule has 5 heteroatoms. The fraction of sp³-hybridized carbons (Fsp3) is 0.600. The van der Waals surface area contributed by atoms with Crippen molar-refractivity contribution < 1.29 is 9.90 Å². The summed E-state index contributed by atoms with van der Waals surface area (Å²) >= 11 is 0. The van der Waals surface area contributed by atoms with Crippen LogP contribution < -0.4 is 5.32 Å². The number of rotatable bonds is 5. The molecular formula is C25H33N3O2. The molecule has 2 bridgehead atoms. The third-order valence-electron chi connectivity index (χ3n) is 8.30. The summed E-state index contributed by atoms with van der Waals surface area (Å²) in [6.45, 7) is 3.86. The number of imidazole rings is 1. The van der Waals surface area contributed by atoms with E-state index in [-0.39, 0.29) is 29.5 Å². The predicted octanol–water partition coefficient (Wildman–Crippen LogP) is 4.32. The van der Waals surface area contributed by atoms with Gasteiger partial charge in [0.15, 0.2) is 0 Å². The predicted molar refractivity (Wildman–Crippen MR) is 117 cm³/mol. The van der Waals surface area contributed by atoms with Crippen molar-refractivity contribution in [1.82, 2.24) is 14.9 Å². The van der Waals surface area contributed by atoms with E-state index in [1.807, 2.05) is 12.5 Å². The van der Waals surface area contributed by atoms with Crippen LogP contribution in [0.2, 0.25) is 0 Å². The number of carbonyl (C=O) groups is 1. The van der Waals surface area contributed by atoms with E-state index in [0.29, 0.717) is 11.8 Å². The number of hydrogen-bond donors (Lipinski definition) is 2. The largest absolute Gasteiger partial charge is 0.392 e.